The number of nitriles is 1. The average Bonchev–Trinajstić information content (AvgIpc) is 3.77. The Morgan fingerprint density at radius 1 is 0.434 bits per heavy atom. The molecule has 9 aromatic rings. The van der Waals surface area contributed by atoms with Gasteiger partial charge in [0.25, 0.3) is 0 Å². The molecule has 0 N–H and O–H groups in total. The van der Waals surface area contributed by atoms with E-state index in [0.29, 0.717) is 5.56 Å². The van der Waals surface area contributed by atoms with Gasteiger partial charge in [0.15, 0.2) is 0 Å². The van der Waals surface area contributed by atoms with Gasteiger partial charge in [-0.2, -0.15) is 5.26 Å². The molecule has 0 spiro atoms. The minimum atomic E-state index is 0.664. The zero-order valence-electron chi connectivity index (χ0n) is 28.9. The van der Waals surface area contributed by atoms with Crippen molar-refractivity contribution in [3.63, 3.8) is 0 Å². The number of nitrogens with zero attached hydrogens (tertiary/aromatic N) is 3. The van der Waals surface area contributed by atoms with Gasteiger partial charge in [-0.05, 0) is 130 Å². The van der Waals surface area contributed by atoms with Crippen LogP contribution in [0.1, 0.15) is 16.7 Å². The SMILES string of the molecule is N#Cc1ccc(-c2ccc(N(c3ccc(-c4ccc5c(c4)c4ccccc4n5-c4ccccc4)cc3)c3ccc4c(c3)Cc3ccccc3-4)cc2)cc1. The van der Waals surface area contributed by atoms with E-state index in [1.54, 1.807) is 0 Å². The van der Waals surface area contributed by atoms with E-state index in [4.69, 9.17) is 0 Å². The lowest BCUT2D eigenvalue weighted by Crippen LogP contribution is -2.10. The first-order chi connectivity index (χ1) is 26.2. The highest BCUT2D eigenvalue weighted by molar-refractivity contribution is 6.10. The molecule has 1 aliphatic rings. The minimum absolute atomic E-state index is 0.664. The van der Waals surface area contributed by atoms with Crippen LogP contribution in [-0.4, -0.2) is 4.57 Å². The maximum absolute atomic E-state index is 9.27. The van der Waals surface area contributed by atoms with Crippen molar-refractivity contribution in [2.75, 3.05) is 4.90 Å². The van der Waals surface area contributed by atoms with Gasteiger partial charge in [-0.3, -0.25) is 0 Å². The van der Waals surface area contributed by atoms with Crippen molar-refractivity contribution in [1.82, 2.24) is 4.57 Å². The van der Waals surface area contributed by atoms with Crippen LogP contribution in [0.25, 0.3) is 60.9 Å². The quantitative estimate of drug-likeness (QED) is 0.176. The van der Waals surface area contributed by atoms with Crippen LogP contribution in [-0.2, 0) is 6.42 Å². The van der Waals surface area contributed by atoms with Crippen LogP contribution in [0.15, 0.2) is 188 Å². The Bertz CT molecular complexity index is 2840. The lowest BCUT2D eigenvalue weighted by molar-refractivity contribution is 1.18. The Labute approximate surface area is 308 Å². The fourth-order valence-electron chi connectivity index (χ4n) is 8.07. The monoisotopic (exact) mass is 675 g/mol. The van der Waals surface area contributed by atoms with Crippen molar-refractivity contribution < 1.29 is 0 Å². The zero-order valence-corrected chi connectivity index (χ0v) is 28.9. The minimum Gasteiger partial charge on any atom is -0.310 e. The summed E-state index contributed by atoms with van der Waals surface area (Å²) in [5.41, 5.74) is 17.5. The number of fused-ring (bicyclic) bond motifs is 6. The number of hydrogen-bond donors (Lipinski definition) is 0. The van der Waals surface area contributed by atoms with E-state index in [0.717, 1.165) is 40.3 Å². The smallest absolute Gasteiger partial charge is 0.0991 e. The molecule has 0 saturated carbocycles. The molecule has 3 heteroatoms. The van der Waals surface area contributed by atoms with Gasteiger partial charge in [0.1, 0.15) is 0 Å². The Morgan fingerprint density at radius 3 is 1.74 bits per heavy atom. The molecule has 10 rings (SSSR count). The van der Waals surface area contributed by atoms with Gasteiger partial charge in [-0.25, -0.2) is 0 Å². The third-order valence-corrected chi connectivity index (χ3v) is 10.7. The molecule has 0 fully saturated rings. The maximum Gasteiger partial charge on any atom is 0.0991 e. The molecule has 3 nitrogen and oxygen atoms in total. The lowest BCUT2D eigenvalue weighted by atomic mass is 10.0. The second-order valence-electron chi connectivity index (χ2n) is 13.7. The topological polar surface area (TPSA) is 32.0 Å². The van der Waals surface area contributed by atoms with Gasteiger partial charge >= 0.3 is 0 Å². The summed E-state index contributed by atoms with van der Waals surface area (Å²) in [7, 11) is 0. The molecule has 0 amide bonds. The molecular weight excluding hydrogens is 643 g/mol. The summed E-state index contributed by atoms with van der Waals surface area (Å²) in [6.45, 7) is 0. The number of hydrogen-bond acceptors (Lipinski definition) is 2. The van der Waals surface area contributed by atoms with Gasteiger partial charge in [-0.15, -0.1) is 0 Å². The Balaban J connectivity index is 1.04. The van der Waals surface area contributed by atoms with Crippen molar-refractivity contribution >= 4 is 38.9 Å². The van der Waals surface area contributed by atoms with E-state index in [9.17, 15) is 5.26 Å². The van der Waals surface area contributed by atoms with Crippen molar-refractivity contribution in [3.05, 3.63) is 205 Å². The van der Waals surface area contributed by atoms with Gasteiger partial charge in [-0.1, -0.05) is 109 Å². The molecule has 0 saturated heterocycles. The number of para-hydroxylation sites is 2. The highest BCUT2D eigenvalue weighted by Crippen LogP contribution is 2.43. The van der Waals surface area contributed by atoms with Crippen LogP contribution < -0.4 is 4.90 Å². The molecular formula is C50H33N3. The van der Waals surface area contributed by atoms with Gasteiger partial charge in [0.2, 0.25) is 0 Å². The summed E-state index contributed by atoms with van der Waals surface area (Å²) in [5, 5.41) is 11.8. The van der Waals surface area contributed by atoms with Crippen molar-refractivity contribution in [2.24, 2.45) is 0 Å². The van der Waals surface area contributed by atoms with Gasteiger partial charge in [0, 0.05) is 33.5 Å². The Hall–Kier alpha value is -7.15. The average molecular weight is 676 g/mol. The predicted molar refractivity (Wildman–Crippen MR) is 219 cm³/mol. The fraction of sp³-hybridized carbons (Fsp3) is 0.0200. The van der Waals surface area contributed by atoms with E-state index < -0.39 is 0 Å². The third kappa shape index (κ3) is 5.28. The van der Waals surface area contributed by atoms with Crippen LogP contribution in [0.5, 0.6) is 0 Å². The van der Waals surface area contributed by atoms with Crippen molar-refractivity contribution in [1.29, 1.82) is 5.26 Å². The molecule has 1 aliphatic carbocycles. The van der Waals surface area contributed by atoms with Gasteiger partial charge < -0.3 is 9.47 Å². The summed E-state index contributed by atoms with van der Waals surface area (Å²) in [4.78, 5) is 2.35. The van der Waals surface area contributed by atoms with Crippen LogP contribution >= 0.6 is 0 Å². The van der Waals surface area contributed by atoms with Crippen LogP contribution in [0.2, 0.25) is 0 Å². The largest absolute Gasteiger partial charge is 0.310 e. The molecule has 0 atom stereocenters. The molecule has 0 bridgehead atoms. The van der Waals surface area contributed by atoms with Gasteiger partial charge in [0.05, 0.1) is 22.7 Å². The molecule has 8 aromatic carbocycles. The standard InChI is InChI=1S/C50H33N3/c51-33-34-14-16-35(17-15-34)36-18-23-42(24-19-36)52(44-27-28-46-40(31-44)30-39-8-4-5-11-45(39)46)43-25-20-37(21-26-43)38-22-29-50-48(32-38)47-12-6-7-13-49(47)53(50)41-9-2-1-3-10-41/h1-29,31-32H,30H2. The van der Waals surface area contributed by atoms with Crippen LogP contribution in [0.3, 0.4) is 0 Å². The molecule has 0 aliphatic heterocycles. The Morgan fingerprint density at radius 2 is 1.00 bits per heavy atom. The molecule has 1 aromatic heterocycles. The number of benzene rings is 8. The van der Waals surface area contributed by atoms with E-state index in [2.05, 4.69) is 179 Å². The number of rotatable bonds is 6. The fourth-order valence-corrected chi connectivity index (χ4v) is 8.07. The van der Waals surface area contributed by atoms with E-state index in [1.807, 2.05) is 24.3 Å². The molecule has 248 valence electrons. The summed E-state index contributed by atoms with van der Waals surface area (Å²) >= 11 is 0. The number of aromatic nitrogens is 1. The maximum atomic E-state index is 9.27. The summed E-state index contributed by atoms with van der Waals surface area (Å²) in [6.07, 6.45) is 0.937. The molecule has 0 radical (unpaired) electrons. The highest BCUT2D eigenvalue weighted by Gasteiger charge is 2.21. The second-order valence-corrected chi connectivity index (χ2v) is 13.7. The second kappa shape index (κ2) is 12.6. The first kappa shape index (κ1) is 30.7. The summed E-state index contributed by atoms with van der Waals surface area (Å²) < 4.78 is 2.36. The molecule has 1 heterocycles. The van der Waals surface area contributed by atoms with Crippen molar-refractivity contribution in [2.45, 2.75) is 6.42 Å². The van der Waals surface area contributed by atoms with E-state index in [1.165, 1.54) is 55.2 Å². The number of anilines is 3. The van der Waals surface area contributed by atoms with Crippen LogP contribution in [0, 0.1) is 11.3 Å². The van der Waals surface area contributed by atoms with Crippen molar-refractivity contribution in [3.8, 4) is 45.1 Å². The molecule has 0 unspecified atom stereocenters. The first-order valence-corrected chi connectivity index (χ1v) is 18.0. The highest BCUT2D eigenvalue weighted by atomic mass is 15.1. The summed E-state index contributed by atoms with van der Waals surface area (Å²) in [5.74, 6) is 0. The lowest BCUT2D eigenvalue weighted by Gasteiger charge is -2.26. The normalized spacial score (nSPS) is 11.7. The van der Waals surface area contributed by atoms with Crippen LogP contribution in [0.4, 0.5) is 17.1 Å². The zero-order chi connectivity index (χ0) is 35.3. The molecule has 53 heavy (non-hydrogen) atoms. The van der Waals surface area contributed by atoms with E-state index >= 15 is 0 Å². The summed E-state index contributed by atoms with van der Waals surface area (Å²) in [6, 6.07) is 69.4. The third-order valence-electron chi connectivity index (χ3n) is 10.7. The first-order valence-electron chi connectivity index (χ1n) is 18.0. The van der Waals surface area contributed by atoms with E-state index in [-0.39, 0.29) is 0 Å². The Kier molecular flexibility index (Phi) is 7.27. The predicted octanol–water partition coefficient (Wildman–Crippen LogP) is 13.0.